The minimum absolute atomic E-state index is 0.0625. The molecule has 4 aliphatic rings. The van der Waals surface area contributed by atoms with E-state index in [1.54, 1.807) is 9.80 Å². The highest BCUT2D eigenvalue weighted by Gasteiger charge is 2.56. The summed E-state index contributed by atoms with van der Waals surface area (Å²) in [5.74, 6) is 0.0559. The quantitative estimate of drug-likeness (QED) is 0.780. The number of benzene rings is 1. The lowest BCUT2D eigenvalue weighted by Crippen LogP contribution is -2.58. The van der Waals surface area contributed by atoms with Gasteiger partial charge >= 0.3 is 12.1 Å². The first-order valence-electron chi connectivity index (χ1n) is 10.5. The monoisotopic (exact) mass is 398 g/mol. The van der Waals surface area contributed by atoms with Crippen molar-refractivity contribution in [3.63, 3.8) is 0 Å². The van der Waals surface area contributed by atoms with E-state index in [9.17, 15) is 14.4 Å². The highest BCUT2D eigenvalue weighted by atomic mass is 16.5. The van der Waals surface area contributed by atoms with Crippen LogP contribution in [-0.2, 0) is 9.53 Å². The Morgan fingerprint density at radius 3 is 2.59 bits per heavy atom. The van der Waals surface area contributed by atoms with E-state index >= 15 is 0 Å². The molecular weight excluding hydrogens is 372 g/mol. The number of carbonyl (C=O) groups excluding carboxylic acids is 3. The summed E-state index contributed by atoms with van der Waals surface area (Å²) in [6.45, 7) is 2.43. The van der Waals surface area contributed by atoms with Crippen LogP contribution in [0.3, 0.4) is 0 Å². The lowest BCUT2D eigenvalue weighted by Gasteiger charge is -2.36. The van der Waals surface area contributed by atoms with Gasteiger partial charge in [0.2, 0.25) is 0 Å². The molecule has 0 spiro atoms. The first-order valence-corrected chi connectivity index (χ1v) is 10.5. The largest absolute Gasteiger partial charge is 0.381 e. The number of fused-ring (bicyclic) bond motifs is 1. The van der Waals surface area contributed by atoms with Crippen LogP contribution in [0.2, 0.25) is 0 Å². The number of amides is 5. The standard InChI is InChI=1S/C21H26N4O4/c26-19-18-13-23(20(27)22-15-6-10-29-11-7-15)8-9-24(18)21(28)25(19)17-12-16(17)14-4-2-1-3-5-14/h1-5,15-18H,6-13H2,(H,22,27)/t16-,17+,18+/m1/s1. The van der Waals surface area contributed by atoms with Gasteiger partial charge in [-0.2, -0.15) is 0 Å². The molecule has 5 amide bonds. The summed E-state index contributed by atoms with van der Waals surface area (Å²) in [5, 5.41) is 3.05. The second-order valence-corrected chi connectivity index (χ2v) is 8.30. The van der Waals surface area contributed by atoms with Crippen molar-refractivity contribution < 1.29 is 19.1 Å². The second-order valence-electron chi connectivity index (χ2n) is 8.30. The molecule has 4 fully saturated rings. The average Bonchev–Trinajstić information content (AvgIpc) is 3.50. The lowest BCUT2D eigenvalue weighted by atomic mass is 10.1. The first-order chi connectivity index (χ1) is 14.1. The average molecular weight is 398 g/mol. The van der Waals surface area contributed by atoms with Gasteiger partial charge in [-0.05, 0) is 24.8 Å². The zero-order valence-electron chi connectivity index (χ0n) is 16.3. The van der Waals surface area contributed by atoms with E-state index in [-0.39, 0.29) is 42.5 Å². The van der Waals surface area contributed by atoms with Crippen LogP contribution in [0.25, 0.3) is 0 Å². The number of nitrogens with one attached hydrogen (secondary N) is 1. The molecule has 3 saturated heterocycles. The summed E-state index contributed by atoms with van der Waals surface area (Å²) >= 11 is 0. The molecule has 3 aliphatic heterocycles. The Hall–Kier alpha value is -2.61. The van der Waals surface area contributed by atoms with Crippen LogP contribution in [0, 0.1) is 0 Å². The Morgan fingerprint density at radius 1 is 1.07 bits per heavy atom. The van der Waals surface area contributed by atoms with E-state index in [1.807, 2.05) is 30.3 Å². The summed E-state index contributed by atoms with van der Waals surface area (Å²) < 4.78 is 5.33. The molecule has 1 aliphatic carbocycles. The number of hydrogen-bond acceptors (Lipinski definition) is 4. The Labute approximate surface area is 169 Å². The van der Waals surface area contributed by atoms with Crippen LogP contribution in [0.1, 0.15) is 30.7 Å². The summed E-state index contributed by atoms with van der Waals surface area (Å²) in [4.78, 5) is 43.4. The van der Waals surface area contributed by atoms with Crippen LogP contribution in [0.4, 0.5) is 9.59 Å². The van der Waals surface area contributed by atoms with Crippen LogP contribution in [0.15, 0.2) is 30.3 Å². The lowest BCUT2D eigenvalue weighted by molar-refractivity contribution is -0.129. The highest BCUT2D eigenvalue weighted by Crippen LogP contribution is 2.46. The maximum atomic E-state index is 13.1. The maximum Gasteiger partial charge on any atom is 0.327 e. The molecule has 8 heteroatoms. The molecule has 154 valence electrons. The van der Waals surface area contributed by atoms with Crippen molar-refractivity contribution in [1.29, 1.82) is 0 Å². The summed E-state index contributed by atoms with van der Waals surface area (Å²) in [6, 6.07) is 9.17. The fourth-order valence-electron chi connectivity index (χ4n) is 4.74. The molecule has 1 saturated carbocycles. The van der Waals surface area contributed by atoms with Gasteiger partial charge in [0.15, 0.2) is 0 Å². The van der Waals surface area contributed by atoms with Crippen molar-refractivity contribution in [2.24, 2.45) is 0 Å². The SMILES string of the molecule is O=C(NC1CCOCC1)N1CCN2C(=O)N([C@H]3C[C@@H]3c3ccccc3)C(=O)[C@@H]2C1. The van der Waals surface area contributed by atoms with Crippen molar-refractivity contribution in [3.8, 4) is 0 Å². The summed E-state index contributed by atoms with van der Waals surface area (Å²) in [5.41, 5.74) is 1.17. The molecule has 5 rings (SSSR count). The van der Waals surface area contributed by atoms with Crippen LogP contribution >= 0.6 is 0 Å². The van der Waals surface area contributed by atoms with Crippen molar-refractivity contribution in [3.05, 3.63) is 35.9 Å². The zero-order chi connectivity index (χ0) is 20.0. The topological polar surface area (TPSA) is 82.2 Å². The van der Waals surface area contributed by atoms with Crippen LogP contribution < -0.4 is 5.32 Å². The van der Waals surface area contributed by atoms with Gasteiger partial charge in [-0.15, -0.1) is 0 Å². The molecule has 1 aromatic carbocycles. The van der Waals surface area contributed by atoms with Crippen LogP contribution in [0.5, 0.6) is 0 Å². The molecule has 1 aromatic rings. The van der Waals surface area contributed by atoms with Crippen LogP contribution in [-0.4, -0.2) is 83.6 Å². The fourth-order valence-corrected chi connectivity index (χ4v) is 4.74. The predicted octanol–water partition coefficient (Wildman–Crippen LogP) is 1.38. The van der Waals surface area contributed by atoms with Gasteiger partial charge in [0.1, 0.15) is 6.04 Å². The van der Waals surface area contributed by atoms with Gasteiger partial charge in [-0.3, -0.25) is 9.69 Å². The van der Waals surface area contributed by atoms with Crippen molar-refractivity contribution >= 4 is 18.0 Å². The Kier molecular flexibility index (Phi) is 4.66. The van der Waals surface area contributed by atoms with E-state index in [2.05, 4.69) is 5.32 Å². The number of nitrogens with zero attached hydrogens (tertiary/aromatic N) is 3. The Bertz CT molecular complexity index is 810. The third-order valence-corrected chi connectivity index (χ3v) is 6.51. The molecule has 8 nitrogen and oxygen atoms in total. The van der Waals surface area contributed by atoms with E-state index in [1.165, 1.54) is 10.5 Å². The first kappa shape index (κ1) is 18.4. The van der Waals surface area contributed by atoms with Crippen molar-refractivity contribution in [2.75, 3.05) is 32.8 Å². The number of carbonyl (C=O) groups is 3. The molecule has 0 bridgehead atoms. The third kappa shape index (κ3) is 3.35. The third-order valence-electron chi connectivity index (χ3n) is 6.51. The zero-order valence-corrected chi connectivity index (χ0v) is 16.3. The summed E-state index contributed by atoms with van der Waals surface area (Å²) in [6.07, 6.45) is 2.43. The molecule has 3 atom stereocenters. The van der Waals surface area contributed by atoms with Gasteiger partial charge in [0.05, 0.1) is 6.54 Å². The summed E-state index contributed by atoms with van der Waals surface area (Å²) in [7, 11) is 0. The fraction of sp³-hybridized carbons (Fsp3) is 0.571. The smallest absolute Gasteiger partial charge is 0.327 e. The van der Waals surface area contributed by atoms with Gasteiger partial charge in [0, 0.05) is 44.3 Å². The number of ether oxygens (including phenoxy) is 1. The molecular formula is C21H26N4O4. The van der Waals surface area contributed by atoms with E-state index in [4.69, 9.17) is 4.74 Å². The second kappa shape index (κ2) is 7.33. The molecule has 0 unspecified atom stereocenters. The van der Waals surface area contributed by atoms with Gasteiger partial charge in [-0.25, -0.2) is 9.59 Å². The Balaban J connectivity index is 1.23. The number of imide groups is 1. The molecule has 3 heterocycles. The van der Waals surface area contributed by atoms with Gasteiger partial charge in [-0.1, -0.05) is 30.3 Å². The predicted molar refractivity (Wildman–Crippen MR) is 104 cm³/mol. The molecule has 0 aromatic heterocycles. The molecule has 29 heavy (non-hydrogen) atoms. The van der Waals surface area contributed by atoms with Gasteiger partial charge < -0.3 is 19.9 Å². The van der Waals surface area contributed by atoms with Gasteiger partial charge in [0.25, 0.3) is 5.91 Å². The number of urea groups is 2. The van der Waals surface area contributed by atoms with Crippen molar-refractivity contribution in [2.45, 2.75) is 43.3 Å². The highest BCUT2D eigenvalue weighted by molar-refractivity contribution is 6.05. The number of hydrogen-bond donors (Lipinski definition) is 1. The van der Waals surface area contributed by atoms with Crippen molar-refractivity contribution in [1.82, 2.24) is 20.0 Å². The Morgan fingerprint density at radius 2 is 1.83 bits per heavy atom. The maximum absolute atomic E-state index is 13.1. The van der Waals surface area contributed by atoms with E-state index in [0.717, 1.165) is 19.3 Å². The molecule has 1 N–H and O–H groups in total. The number of rotatable bonds is 3. The van der Waals surface area contributed by atoms with E-state index < -0.39 is 6.04 Å². The minimum Gasteiger partial charge on any atom is -0.381 e. The van der Waals surface area contributed by atoms with E-state index in [0.29, 0.717) is 26.3 Å². The molecule has 0 radical (unpaired) electrons. The minimum atomic E-state index is -0.561. The normalized spacial score (nSPS) is 29.8. The number of piperazine rings is 1.